The van der Waals surface area contributed by atoms with E-state index in [0.29, 0.717) is 28.8 Å². The lowest BCUT2D eigenvalue weighted by molar-refractivity contribution is 0.282. The number of hydrogen-bond acceptors (Lipinski definition) is 4. The molecule has 0 unspecified atom stereocenters. The van der Waals surface area contributed by atoms with Gasteiger partial charge in [0.05, 0.1) is 11.5 Å². The Hall–Kier alpha value is -0.950. The second-order valence-corrected chi connectivity index (χ2v) is 8.42. The Morgan fingerprint density at radius 3 is 2.67 bits per heavy atom. The van der Waals surface area contributed by atoms with Crippen LogP contribution in [0.1, 0.15) is 24.6 Å². The monoisotopic (exact) mass is 325 g/mol. The van der Waals surface area contributed by atoms with Crippen LogP contribution in [0.2, 0.25) is 0 Å². The summed E-state index contributed by atoms with van der Waals surface area (Å²) in [4.78, 5) is 0.832. The Bertz CT molecular complexity index is 747. The molecule has 1 aromatic heterocycles. The van der Waals surface area contributed by atoms with E-state index in [1.807, 2.05) is 31.2 Å². The van der Waals surface area contributed by atoms with E-state index in [1.54, 1.807) is 4.31 Å². The molecule has 1 aromatic carbocycles. The smallest absolute Gasteiger partial charge is 0.244 e. The molecule has 6 heteroatoms. The number of aliphatic hydroxyl groups is 1. The Morgan fingerprint density at radius 1 is 1.33 bits per heavy atom. The number of rotatable bonds is 6. The topological polar surface area (TPSA) is 57.6 Å². The highest BCUT2D eigenvalue weighted by Gasteiger charge is 2.33. The number of aliphatic hydroxyl groups excluding tert-OH is 1. The molecular formula is C15H19NO3S2. The zero-order valence-corrected chi connectivity index (χ0v) is 13.6. The molecule has 114 valence electrons. The molecule has 4 nitrogen and oxygen atoms in total. The fourth-order valence-corrected chi connectivity index (χ4v) is 5.85. The van der Waals surface area contributed by atoms with E-state index in [1.165, 1.54) is 11.3 Å². The minimum Gasteiger partial charge on any atom is -0.391 e. The van der Waals surface area contributed by atoms with Crippen molar-refractivity contribution in [3.05, 3.63) is 29.1 Å². The predicted octanol–water partition coefficient (Wildman–Crippen LogP) is 2.81. The van der Waals surface area contributed by atoms with Crippen LogP contribution >= 0.6 is 11.3 Å². The van der Waals surface area contributed by atoms with Gasteiger partial charge in [0.25, 0.3) is 0 Å². The largest absolute Gasteiger partial charge is 0.391 e. The van der Waals surface area contributed by atoms with Crippen molar-refractivity contribution in [2.75, 3.05) is 13.1 Å². The van der Waals surface area contributed by atoms with Crippen LogP contribution in [-0.2, 0) is 16.6 Å². The standard InChI is InChI=1S/C15H19NO3S2/c1-2-16(9-11-7-8-11)21(18,19)15-12-5-3-4-6-13(12)20-14(15)10-17/h3-6,11,17H,2,7-10H2,1H3. The maximum atomic E-state index is 13.0. The zero-order valence-electron chi connectivity index (χ0n) is 11.9. The van der Waals surface area contributed by atoms with E-state index in [2.05, 4.69) is 0 Å². The van der Waals surface area contributed by atoms with Crippen molar-refractivity contribution in [2.45, 2.75) is 31.3 Å². The lowest BCUT2D eigenvalue weighted by Gasteiger charge is -2.20. The zero-order chi connectivity index (χ0) is 15.0. The summed E-state index contributed by atoms with van der Waals surface area (Å²) in [6.07, 6.45) is 2.23. The molecule has 1 heterocycles. The molecule has 2 aromatic rings. The Kier molecular flexibility index (Phi) is 4.05. The minimum atomic E-state index is -3.55. The van der Waals surface area contributed by atoms with Crippen molar-refractivity contribution in [2.24, 2.45) is 5.92 Å². The van der Waals surface area contributed by atoms with Crippen LogP contribution in [0.25, 0.3) is 10.1 Å². The van der Waals surface area contributed by atoms with Gasteiger partial charge in [0.15, 0.2) is 0 Å². The van der Waals surface area contributed by atoms with Crippen molar-refractivity contribution >= 4 is 31.4 Å². The molecular weight excluding hydrogens is 306 g/mol. The normalized spacial score (nSPS) is 16.0. The third-order valence-corrected chi connectivity index (χ3v) is 7.23. The van der Waals surface area contributed by atoms with Crippen LogP contribution in [0.15, 0.2) is 29.2 Å². The maximum absolute atomic E-state index is 13.0. The van der Waals surface area contributed by atoms with E-state index >= 15 is 0 Å². The first-order chi connectivity index (χ1) is 10.1. The molecule has 1 N–H and O–H groups in total. The summed E-state index contributed by atoms with van der Waals surface area (Å²) in [5.41, 5.74) is 0. The van der Waals surface area contributed by atoms with Gasteiger partial charge in [-0.15, -0.1) is 11.3 Å². The summed E-state index contributed by atoms with van der Waals surface area (Å²) in [5.74, 6) is 0.502. The molecule has 0 spiro atoms. The molecule has 0 atom stereocenters. The van der Waals surface area contributed by atoms with Gasteiger partial charge in [-0.3, -0.25) is 0 Å². The quantitative estimate of drug-likeness (QED) is 0.888. The molecule has 1 aliphatic carbocycles. The van der Waals surface area contributed by atoms with Crippen LogP contribution < -0.4 is 0 Å². The van der Waals surface area contributed by atoms with Crippen LogP contribution in [0.5, 0.6) is 0 Å². The van der Waals surface area contributed by atoms with Gasteiger partial charge in [0, 0.05) is 23.2 Å². The number of fused-ring (bicyclic) bond motifs is 1. The second kappa shape index (κ2) is 5.68. The third-order valence-electron chi connectivity index (χ3n) is 3.87. The lowest BCUT2D eigenvalue weighted by Crippen LogP contribution is -2.33. The van der Waals surface area contributed by atoms with Crippen LogP contribution in [-0.4, -0.2) is 30.9 Å². The van der Waals surface area contributed by atoms with Crippen LogP contribution in [0.3, 0.4) is 0 Å². The van der Waals surface area contributed by atoms with E-state index in [0.717, 1.165) is 22.9 Å². The molecule has 0 bridgehead atoms. The molecule has 0 amide bonds. The summed E-state index contributed by atoms with van der Waals surface area (Å²) in [7, 11) is -3.55. The predicted molar refractivity (Wildman–Crippen MR) is 84.9 cm³/mol. The third kappa shape index (κ3) is 2.73. The van der Waals surface area contributed by atoms with E-state index < -0.39 is 10.0 Å². The van der Waals surface area contributed by atoms with Gasteiger partial charge >= 0.3 is 0 Å². The molecule has 0 saturated heterocycles. The van der Waals surface area contributed by atoms with Gasteiger partial charge in [-0.25, -0.2) is 8.42 Å². The highest BCUT2D eigenvalue weighted by atomic mass is 32.2. The number of nitrogens with zero attached hydrogens (tertiary/aromatic N) is 1. The van der Waals surface area contributed by atoms with Gasteiger partial charge in [-0.2, -0.15) is 4.31 Å². The number of sulfonamides is 1. The number of thiophene rings is 1. The average Bonchev–Trinajstić information content (AvgIpc) is 3.21. The first kappa shape index (κ1) is 15.0. The number of benzene rings is 1. The summed E-state index contributed by atoms with van der Waals surface area (Å²) < 4.78 is 28.5. The molecule has 0 aliphatic heterocycles. The van der Waals surface area contributed by atoms with E-state index in [4.69, 9.17) is 0 Å². The highest BCUT2D eigenvalue weighted by molar-refractivity contribution is 7.89. The molecule has 3 rings (SSSR count). The fourth-order valence-electron chi connectivity index (χ4n) is 2.57. The molecule has 1 fully saturated rings. The maximum Gasteiger partial charge on any atom is 0.244 e. The van der Waals surface area contributed by atoms with Crippen LogP contribution in [0.4, 0.5) is 0 Å². The Morgan fingerprint density at radius 2 is 2.05 bits per heavy atom. The van der Waals surface area contributed by atoms with Crippen LogP contribution in [0, 0.1) is 5.92 Å². The second-order valence-electron chi connectivity index (χ2n) is 5.41. The SMILES string of the molecule is CCN(CC1CC1)S(=O)(=O)c1c(CO)sc2ccccc12. The van der Waals surface area contributed by atoms with Crippen molar-refractivity contribution < 1.29 is 13.5 Å². The van der Waals surface area contributed by atoms with Crippen molar-refractivity contribution in [1.82, 2.24) is 4.31 Å². The van der Waals surface area contributed by atoms with E-state index in [9.17, 15) is 13.5 Å². The molecule has 1 aliphatic rings. The first-order valence-corrected chi connectivity index (χ1v) is 9.45. The lowest BCUT2D eigenvalue weighted by atomic mass is 10.2. The first-order valence-electron chi connectivity index (χ1n) is 7.19. The highest BCUT2D eigenvalue weighted by Crippen LogP contribution is 2.38. The number of hydrogen-bond donors (Lipinski definition) is 1. The molecule has 21 heavy (non-hydrogen) atoms. The van der Waals surface area contributed by atoms with Crippen molar-refractivity contribution in [3.8, 4) is 0 Å². The summed E-state index contributed by atoms with van der Waals surface area (Å²) >= 11 is 1.36. The Balaban J connectivity index is 2.12. The summed E-state index contributed by atoms with van der Waals surface area (Å²) in [5, 5.41) is 10.3. The molecule has 1 saturated carbocycles. The fraction of sp³-hybridized carbons (Fsp3) is 0.467. The van der Waals surface area contributed by atoms with Gasteiger partial charge < -0.3 is 5.11 Å². The van der Waals surface area contributed by atoms with Gasteiger partial charge in [-0.05, 0) is 24.8 Å². The molecule has 0 radical (unpaired) electrons. The van der Waals surface area contributed by atoms with Gasteiger partial charge in [-0.1, -0.05) is 25.1 Å². The minimum absolute atomic E-state index is 0.241. The van der Waals surface area contributed by atoms with E-state index in [-0.39, 0.29) is 6.61 Å². The van der Waals surface area contributed by atoms with Crippen molar-refractivity contribution in [1.29, 1.82) is 0 Å². The summed E-state index contributed by atoms with van der Waals surface area (Å²) in [6, 6.07) is 7.45. The van der Waals surface area contributed by atoms with Crippen molar-refractivity contribution in [3.63, 3.8) is 0 Å². The summed E-state index contributed by atoms with van der Waals surface area (Å²) in [6.45, 7) is 2.68. The Labute approximate surface area is 129 Å². The van der Waals surface area contributed by atoms with Gasteiger partial charge in [0.1, 0.15) is 4.90 Å². The average molecular weight is 325 g/mol. The van der Waals surface area contributed by atoms with Gasteiger partial charge in [0.2, 0.25) is 10.0 Å².